The van der Waals surface area contributed by atoms with E-state index in [4.69, 9.17) is 0 Å². The molecule has 0 fully saturated rings. The van der Waals surface area contributed by atoms with Gasteiger partial charge in [-0.1, -0.05) is 129 Å². The maximum atomic E-state index is 3.58. The molecule has 0 saturated heterocycles. The first-order valence-electron chi connectivity index (χ1n) is 10.5. The lowest BCUT2D eigenvalue weighted by Crippen LogP contribution is -1.99. The van der Waals surface area contributed by atoms with Gasteiger partial charge in [-0.15, -0.1) is 0 Å². The maximum Gasteiger partial charge on any atom is 0.0175 e. The number of halogens is 2. The number of hydrogen-bond donors (Lipinski definition) is 0. The molecule has 4 aromatic rings. The average Bonchev–Trinajstić information content (AvgIpc) is 3.26. The lowest BCUT2D eigenvalue weighted by Gasteiger charge is -2.19. The summed E-state index contributed by atoms with van der Waals surface area (Å²) in [6.45, 7) is 0. The molecule has 0 bridgehead atoms. The lowest BCUT2D eigenvalue weighted by atomic mass is 9.84. The summed E-state index contributed by atoms with van der Waals surface area (Å²) >= 11 is 7.16. The topological polar surface area (TPSA) is 0 Å². The van der Waals surface area contributed by atoms with Crippen LogP contribution in [0.3, 0.4) is 0 Å². The van der Waals surface area contributed by atoms with E-state index >= 15 is 0 Å². The van der Waals surface area contributed by atoms with Gasteiger partial charge in [-0.05, 0) is 68.8 Å². The summed E-state index contributed by atoms with van der Waals surface area (Å²) in [5.74, 6) is 0. The molecule has 0 amide bonds. The van der Waals surface area contributed by atoms with Crippen molar-refractivity contribution in [3.63, 3.8) is 0 Å². The van der Waals surface area contributed by atoms with Crippen molar-refractivity contribution >= 4 is 48.6 Å². The van der Waals surface area contributed by atoms with Gasteiger partial charge < -0.3 is 0 Å². The average molecular weight is 540 g/mol. The number of benzene rings is 4. The van der Waals surface area contributed by atoms with Crippen LogP contribution in [0.1, 0.15) is 22.3 Å². The van der Waals surface area contributed by atoms with Crippen LogP contribution < -0.4 is 0 Å². The molecule has 0 atom stereocenters. The predicted molar refractivity (Wildman–Crippen MR) is 143 cm³/mol. The Balaban J connectivity index is 1.80. The zero-order chi connectivity index (χ0) is 21.9. The Hall–Kier alpha value is -2.94. The van der Waals surface area contributed by atoms with Gasteiger partial charge >= 0.3 is 0 Å². The second-order valence-electron chi connectivity index (χ2n) is 7.66. The summed E-state index contributed by atoms with van der Waals surface area (Å²) in [5, 5.41) is 0. The Morgan fingerprint density at radius 3 is 1.19 bits per heavy atom. The third kappa shape index (κ3) is 4.21. The highest BCUT2D eigenvalue weighted by atomic mass is 79.9. The molecule has 0 aliphatic heterocycles. The van der Waals surface area contributed by atoms with Crippen LogP contribution in [0.25, 0.3) is 16.7 Å². The van der Waals surface area contributed by atoms with Crippen molar-refractivity contribution < 1.29 is 0 Å². The van der Waals surface area contributed by atoms with Gasteiger partial charge in [0.05, 0.1) is 0 Å². The zero-order valence-electron chi connectivity index (χ0n) is 17.3. The Morgan fingerprint density at radius 1 is 0.438 bits per heavy atom. The monoisotopic (exact) mass is 538 g/mol. The number of rotatable bonds is 4. The minimum atomic E-state index is 1.08. The summed E-state index contributed by atoms with van der Waals surface area (Å²) in [5.41, 5.74) is 9.80. The van der Waals surface area contributed by atoms with Gasteiger partial charge in [-0.3, -0.25) is 0 Å². The van der Waals surface area contributed by atoms with E-state index in [0.29, 0.717) is 0 Å². The van der Waals surface area contributed by atoms with Gasteiger partial charge in [0.25, 0.3) is 0 Å². The first-order valence-corrected chi connectivity index (χ1v) is 12.1. The SMILES string of the molecule is Brc1ccc(C2=CC=C(c3ccc(Br)cc3)C2=C(c2ccccc2)c2ccccc2)cc1. The van der Waals surface area contributed by atoms with Gasteiger partial charge in [0, 0.05) is 8.95 Å². The van der Waals surface area contributed by atoms with Crippen molar-refractivity contribution in [2.45, 2.75) is 0 Å². The smallest absolute Gasteiger partial charge is 0.0175 e. The van der Waals surface area contributed by atoms with Crippen molar-refractivity contribution in [1.82, 2.24) is 0 Å². The van der Waals surface area contributed by atoms with E-state index in [-0.39, 0.29) is 0 Å². The molecular formula is C30H20Br2. The van der Waals surface area contributed by atoms with Crippen LogP contribution in [-0.4, -0.2) is 0 Å². The molecule has 0 radical (unpaired) electrons. The first kappa shape index (κ1) is 20.9. The van der Waals surface area contributed by atoms with Gasteiger partial charge in [0.2, 0.25) is 0 Å². The van der Waals surface area contributed by atoms with Crippen LogP contribution in [0.15, 0.2) is 136 Å². The molecule has 4 aromatic carbocycles. The van der Waals surface area contributed by atoms with E-state index in [1.54, 1.807) is 0 Å². The second-order valence-corrected chi connectivity index (χ2v) is 9.49. The van der Waals surface area contributed by atoms with E-state index in [0.717, 1.165) is 8.95 Å². The largest absolute Gasteiger partial charge is 0.0622 e. The molecule has 0 heterocycles. The molecule has 0 spiro atoms. The molecule has 0 unspecified atom stereocenters. The number of hydrogen-bond acceptors (Lipinski definition) is 0. The van der Waals surface area contributed by atoms with E-state index < -0.39 is 0 Å². The summed E-state index contributed by atoms with van der Waals surface area (Å²) in [6.07, 6.45) is 4.50. The van der Waals surface area contributed by atoms with Gasteiger partial charge in [0.1, 0.15) is 0 Å². The third-order valence-electron chi connectivity index (χ3n) is 5.64. The Bertz CT molecular complexity index is 1220. The Morgan fingerprint density at radius 2 is 0.812 bits per heavy atom. The Kier molecular flexibility index (Phi) is 6.07. The highest BCUT2D eigenvalue weighted by Crippen LogP contribution is 2.45. The van der Waals surface area contributed by atoms with Crippen molar-refractivity contribution in [3.05, 3.63) is 158 Å². The number of allylic oxidation sites excluding steroid dienone is 5. The summed E-state index contributed by atoms with van der Waals surface area (Å²) in [6, 6.07) is 38.5. The fraction of sp³-hybridized carbons (Fsp3) is 0. The molecule has 5 rings (SSSR count). The normalized spacial score (nSPS) is 13.0. The highest BCUT2D eigenvalue weighted by Gasteiger charge is 2.24. The molecule has 0 saturated carbocycles. The third-order valence-corrected chi connectivity index (χ3v) is 6.70. The quantitative estimate of drug-likeness (QED) is 0.242. The highest BCUT2D eigenvalue weighted by molar-refractivity contribution is 9.10. The molecule has 154 valence electrons. The molecule has 2 heteroatoms. The fourth-order valence-corrected chi connectivity index (χ4v) is 4.68. The van der Waals surface area contributed by atoms with E-state index in [1.165, 1.54) is 44.5 Å². The standard InChI is InChI=1S/C30H20Br2/c31-25-15-11-21(12-16-25)27-19-20-28(22-13-17-26(32)18-14-22)30(27)29(23-7-3-1-4-8-23)24-9-5-2-6-10-24/h1-20H. The predicted octanol–water partition coefficient (Wildman–Crippen LogP) is 9.19. The molecule has 1 aliphatic carbocycles. The van der Waals surface area contributed by atoms with Crippen LogP contribution in [0.2, 0.25) is 0 Å². The molecule has 0 N–H and O–H groups in total. The van der Waals surface area contributed by atoms with Crippen LogP contribution in [0.4, 0.5) is 0 Å². The first-order chi connectivity index (χ1) is 15.7. The lowest BCUT2D eigenvalue weighted by molar-refractivity contribution is 1.50. The van der Waals surface area contributed by atoms with Crippen molar-refractivity contribution in [2.75, 3.05) is 0 Å². The van der Waals surface area contributed by atoms with E-state index in [2.05, 4.69) is 153 Å². The minimum absolute atomic E-state index is 1.08. The summed E-state index contributed by atoms with van der Waals surface area (Å²) in [7, 11) is 0. The molecular weight excluding hydrogens is 520 g/mol. The molecule has 0 aromatic heterocycles. The van der Waals surface area contributed by atoms with Crippen molar-refractivity contribution in [3.8, 4) is 0 Å². The van der Waals surface area contributed by atoms with Crippen LogP contribution in [0, 0.1) is 0 Å². The zero-order valence-corrected chi connectivity index (χ0v) is 20.5. The van der Waals surface area contributed by atoms with Crippen LogP contribution >= 0.6 is 31.9 Å². The molecule has 1 aliphatic rings. The van der Waals surface area contributed by atoms with Gasteiger partial charge in [-0.2, -0.15) is 0 Å². The Labute approximate surface area is 205 Å². The van der Waals surface area contributed by atoms with Gasteiger partial charge in [-0.25, -0.2) is 0 Å². The summed E-state index contributed by atoms with van der Waals surface area (Å²) in [4.78, 5) is 0. The van der Waals surface area contributed by atoms with E-state index in [9.17, 15) is 0 Å². The molecule has 0 nitrogen and oxygen atoms in total. The van der Waals surface area contributed by atoms with Crippen LogP contribution in [0.5, 0.6) is 0 Å². The molecule has 32 heavy (non-hydrogen) atoms. The van der Waals surface area contributed by atoms with Crippen molar-refractivity contribution in [2.24, 2.45) is 0 Å². The maximum absolute atomic E-state index is 3.58. The van der Waals surface area contributed by atoms with E-state index in [1.807, 2.05) is 0 Å². The van der Waals surface area contributed by atoms with Gasteiger partial charge in [0.15, 0.2) is 0 Å². The van der Waals surface area contributed by atoms with Crippen LogP contribution in [-0.2, 0) is 0 Å². The summed E-state index contributed by atoms with van der Waals surface area (Å²) < 4.78 is 2.16. The fourth-order valence-electron chi connectivity index (χ4n) is 4.15. The second kappa shape index (κ2) is 9.28. The van der Waals surface area contributed by atoms with Crippen molar-refractivity contribution in [1.29, 1.82) is 0 Å². The minimum Gasteiger partial charge on any atom is -0.0622 e.